The molecule has 1 N–H and O–H groups in total. The van der Waals surface area contributed by atoms with Gasteiger partial charge in [0.2, 0.25) is 0 Å². The molecular weight excluding hydrogens is 179 g/mol. The van der Waals surface area contributed by atoms with Crippen LogP contribution in [-0.4, -0.2) is 12.8 Å². The summed E-state index contributed by atoms with van der Waals surface area (Å²) >= 11 is 0. The highest BCUT2D eigenvalue weighted by atomic mass is 19.1. The topological polar surface area (TPSA) is 24.4 Å². The van der Waals surface area contributed by atoms with Gasteiger partial charge in [-0.3, -0.25) is 5.43 Å². The lowest BCUT2D eigenvalue weighted by Gasteiger charge is -1.97. The third-order valence-corrected chi connectivity index (χ3v) is 1.63. The monoisotopic (exact) mass is 190 g/mol. The zero-order valence-corrected chi connectivity index (χ0v) is 7.70. The molecule has 0 saturated carbocycles. The SMILES string of the molecule is C#CCN/N=C/Cc1ccccc1F. The van der Waals surface area contributed by atoms with E-state index in [0.29, 0.717) is 18.5 Å². The van der Waals surface area contributed by atoms with E-state index in [9.17, 15) is 4.39 Å². The fourth-order valence-corrected chi connectivity index (χ4v) is 0.964. The molecule has 72 valence electrons. The minimum Gasteiger partial charge on any atom is -0.298 e. The highest BCUT2D eigenvalue weighted by Gasteiger charge is 1.96. The summed E-state index contributed by atoms with van der Waals surface area (Å²) in [6.45, 7) is 0.383. The second kappa shape index (κ2) is 5.76. The largest absolute Gasteiger partial charge is 0.298 e. The Morgan fingerprint density at radius 1 is 1.50 bits per heavy atom. The maximum Gasteiger partial charge on any atom is 0.126 e. The second-order valence-electron chi connectivity index (χ2n) is 2.65. The number of halogens is 1. The molecule has 0 aliphatic rings. The Morgan fingerprint density at radius 3 is 3.00 bits per heavy atom. The molecule has 0 amide bonds. The van der Waals surface area contributed by atoms with E-state index in [4.69, 9.17) is 6.42 Å². The van der Waals surface area contributed by atoms with E-state index >= 15 is 0 Å². The summed E-state index contributed by atoms with van der Waals surface area (Å²) < 4.78 is 13.1. The van der Waals surface area contributed by atoms with Gasteiger partial charge in [-0.15, -0.1) is 6.42 Å². The van der Waals surface area contributed by atoms with E-state index in [1.54, 1.807) is 24.4 Å². The van der Waals surface area contributed by atoms with Crippen LogP contribution in [-0.2, 0) is 6.42 Å². The number of hydrogen-bond acceptors (Lipinski definition) is 2. The van der Waals surface area contributed by atoms with Gasteiger partial charge in [0.15, 0.2) is 0 Å². The number of hydrogen-bond donors (Lipinski definition) is 1. The Labute approximate surface area is 82.8 Å². The van der Waals surface area contributed by atoms with Crippen LogP contribution in [0.15, 0.2) is 29.4 Å². The Hall–Kier alpha value is -1.82. The fraction of sp³-hybridized carbons (Fsp3) is 0.182. The molecular formula is C11H11FN2. The van der Waals surface area contributed by atoms with E-state index in [-0.39, 0.29) is 5.82 Å². The first-order valence-electron chi connectivity index (χ1n) is 4.26. The van der Waals surface area contributed by atoms with Crippen LogP contribution in [0.25, 0.3) is 0 Å². The molecule has 14 heavy (non-hydrogen) atoms. The molecule has 0 spiro atoms. The third kappa shape index (κ3) is 3.28. The molecule has 0 fully saturated rings. The van der Waals surface area contributed by atoms with Gasteiger partial charge in [0.1, 0.15) is 5.82 Å². The van der Waals surface area contributed by atoms with Crippen molar-refractivity contribution in [3.63, 3.8) is 0 Å². The summed E-state index contributed by atoms with van der Waals surface area (Å²) in [6, 6.07) is 6.61. The Bertz CT molecular complexity index is 353. The summed E-state index contributed by atoms with van der Waals surface area (Å²) in [5, 5.41) is 3.81. The second-order valence-corrected chi connectivity index (χ2v) is 2.65. The summed E-state index contributed by atoms with van der Waals surface area (Å²) in [5.41, 5.74) is 3.26. The average molecular weight is 190 g/mol. The van der Waals surface area contributed by atoms with Crippen LogP contribution < -0.4 is 5.43 Å². The molecule has 0 aliphatic heterocycles. The van der Waals surface area contributed by atoms with E-state index in [0.717, 1.165) is 0 Å². The molecule has 0 atom stereocenters. The van der Waals surface area contributed by atoms with Gasteiger partial charge in [-0.25, -0.2) is 4.39 Å². The van der Waals surface area contributed by atoms with Gasteiger partial charge >= 0.3 is 0 Å². The zero-order chi connectivity index (χ0) is 10.2. The van der Waals surface area contributed by atoms with Crippen molar-refractivity contribution in [1.82, 2.24) is 5.43 Å². The molecule has 1 rings (SSSR count). The molecule has 3 heteroatoms. The number of nitrogens with zero attached hydrogens (tertiary/aromatic N) is 1. The lowest BCUT2D eigenvalue weighted by molar-refractivity contribution is 0.616. The summed E-state index contributed by atoms with van der Waals surface area (Å²) in [4.78, 5) is 0. The van der Waals surface area contributed by atoms with E-state index < -0.39 is 0 Å². The van der Waals surface area contributed by atoms with Gasteiger partial charge in [-0.2, -0.15) is 5.10 Å². The number of hydrazone groups is 1. The smallest absolute Gasteiger partial charge is 0.126 e. The van der Waals surface area contributed by atoms with Crippen molar-refractivity contribution in [3.8, 4) is 12.3 Å². The highest BCUT2D eigenvalue weighted by molar-refractivity contribution is 5.61. The maximum atomic E-state index is 13.1. The summed E-state index contributed by atoms with van der Waals surface area (Å²) in [6.07, 6.45) is 7.06. The van der Waals surface area contributed by atoms with Gasteiger partial charge in [-0.1, -0.05) is 24.1 Å². The molecule has 0 saturated heterocycles. The Balaban J connectivity index is 2.42. The lowest BCUT2D eigenvalue weighted by Crippen LogP contribution is -2.05. The predicted molar refractivity (Wildman–Crippen MR) is 55.4 cm³/mol. The summed E-state index contributed by atoms with van der Waals surface area (Å²) in [5.74, 6) is 2.17. The van der Waals surface area contributed by atoms with E-state index in [1.807, 2.05) is 0 Å². The number of nitrogens with one attached hydrogen (secondary N) is 1. The van der Waals surface area contributed by atoms with Gasteiger partial charge < -0.3 is 0 Å². The van der Waals surface area contributed by atoms with Gasteiger partial charge in [0.25, 0.3) is 0 Å². The molecule has 0 bridgehead atoms. The van der Waals surface area contributed by atoms with Crippen LogP contribution in [0.5, 0.6) is 0 Å². The predicted octanol–water partition coefficient (Wildman–Crippen LogP) is 1.58. The molecule has 0 radical (unpaired) electrons. The van der Waals surface area contributed by atoms with Crippen molar-refractivity contribution < 1.29 is 4.39 Å². The van der Waals surface area contributed by atoms with Crippen LogP contribution >= 0.6 is 0 Å². The molecule has 1 aromatic rings. The van der Waals surface area contributed by atoms with Crippen molar-refractivity contribution in [2.24, 2.45) is 5.10 Å². The first kappa shape index (κ1) is 10.3. The minimum atomic E-state index is -0.212. The molecule has 0 aromatic heterocycles. The van der Waals surface area contributed by atoms with Gasteiger partial charge in [0, 0.05) is 12.6 Å². The summed E-state index contributed by atoms with van der Waals surface area (Å²) in [7, 11) is 0. The Kier molecular flexibility index (Phi) is 4.22. The fourth-order valence-electron chi connectivity index (χ4n) is 0.964. The van der Waals surface area contributed by atoms with Crippen molar-refractivity contribution >= 4 is 6.21 Å². The van der Waals surface area contributed by atoms with Crippen molar-refractivity contribution in [3.05, 3.63) is 35.6 Å². The van der Waals surface area contributed by atoms with Crippen LogP contribution in [0.1, 0.15) is 5.56 Å². The first-order valence-corrected chi connectivity index (χ1v) is 4.26. The van der Waals surface area contributed by atoms with Crippen LogP contribution in [0.4, 0.5) is 4.39 Å². The number of benzene rings is 1. The van der Waals surface area contributed by atoms with Crippen LogP contribution in [0, 0.1) is 18.2 Å². The number of rotatable bonds is 4. The minimum absolute atomic E-state index is 0.212. The van der Waals surface area contributed by atoms with E-state index in [2.05, 4.69) is 16.4 Å². The average Bonchev–Trinajstić information content (AvgIpc) is 2.20. The Morgan fingerprint density at radius 2 is 2.29 bits per heavy atom. The highest BCUT2D eigenvalue weighted by Crippen LogP contribution is 2.05. The van der Waals surface area contributed by atoms with Gasteiger partial charge in [0.05, 0.1) is 6.54 Å². The molecule has 2 nitrogen and oxygen atoms in total. The normalized spacial score (nSPS) is 10.0. The van der Waals surface area contributed by atoms with Crippen LogP contribution in [0.2, 0.25) is 0 Å². The van der Waals surface area contributed by atoms with Crippen molar-refractivity contribution in [1.29, 1.82) is 0 Å². The molecule has 0 unspecified atom stereocenters. The standard InChI is InChI=1S/C11H11FN2/c1-2-8-13-14-9-7-10-5-3-4-6-11(10)12/h1,3-6,9,13H,7-8H2/b14-9+. The number of terminal acetylenes is 1. The van der Waals surface area contributed by atoms with Crippen molar-refractivity contribution in [2.75, 3.05) is 6.54 Å². The lowest BCUT2D eigenvalue weighted by atomic mass is 10.1. The van der Waals surface area contributed by atoms with Gasteiger partial charge in [-0.05, 0) is 11.6 Å². The third-order valence-electron chi connectivity index (χ3n) is 1.63. The maximum absolute atomic E-state index is 13.1. The molecule has 0 heterocycles. The molecule has 0 aliphatic carbocycles. The quantitative estimate of drug-likeness (QED) is 0.331. The van der Waals surface area contributed by atoms with E-state index in [1.165, 1.54) is 6.07 Å². The van der Waals surface area contributed by atoms with Crippen LogP contribution in [0.3, 0.4) is 0 Å². The molecule has 1 aromatic carbocycles. The first-order chi connectivity index (χ1) is 6.84. The van der Waals surface area contributed by atoms with Crippen molar-refractivity contribution in [2.45, 2.75) is 6.42 Å². The zero-order valence-electron chi connectivity index (χ0n) is 7.70.